The third-order valence-corrected chi connectivity index (χ3v) is 5.09. The summed E-state index contributed by atoms with van der Waals surface area (Å²) < 4.78 is 0. The molecule has 0 aromatic heterocycles. The second-order valence-corrected chi connectivity index (χ2v) is 6.42. The van der Waals surface area contributed by atoms with Crippen LogP contribution in [0.3, 0.4) is 0 Å². The highest BCUT2D eigenvalue weighted by molar-refractivity contribution is 6.30. The van der Waals surface area contributed by atoms with Crippen LogP contribution < -0.4 is 4.90 Å². The van der Waals surface area contributed by atoms with Gasteiger partial charge in [0.15, 0.2) is 5.78 Å². The van der Waals surface area contributed by atoms with Gasteiger partial charge in [0.25, 0.3) is 0 Å². The monoisotopic (exact) mass is 311 g/mol. The van der Waals surface area contributed by atoms with Crippen LogP contribution in [0.15, 0.2) is 48.5 Å². The van der Waals surface area contributed by atoms with Gasteiger partial charge in [-0.2, -0.15) is 0 Å². The molecule has 2 aromatic rings. The van der Waals surface area contributed by atoms with Crippen molar-refractivity contribution >= 4 is 29.0 Å². The number of para-hydroxylation sites is 1. The first-order chi connectivity index (χ1) is 10.6. The molecule has 2 unspecified atom stereocenters. The maximum absolute atomic E-state index is 12.7. The van der Waals surface area contributed by atoms with Crippen LogP contribution in [0.5, 0.6) is 0 Å². The largest absolute Gasteiger partial charge is 0.314 e. The number of amides is 1. The lowest BCUT2D eigenvalue weighted by Gasteiger charge is -2.11. The van der Waals surface area contributed by atoms with E-state index in [4.69, 9.17) is 11.6 Å². The van der Waals surface area contributed by atoms with Crippen LogP contribution in [0.25, 0.3) is 0 Å². The molecule has 1 aliphatic heterocycles. The van der Waals surface area contributed by atoms with E-state index in [1.165, 1.54) is 0 Å². The van der Waals surface area contributed by atoms with Crippen molar-refractivity contribution in [3.8, 4) is 0 Å². The van der Waals surface area contributed by atoms with Gasteiger partial charge in [-0.1, -0.05) is 29.8 Å². The molecule has 4 heteroatoms. The lowest BCUT2D eigenvalue weighted by atomic mass is 9.92. The molecule has 1 spiro atoms. The summed E-state index contributed by atoms with van der Waals surface area (Å²) in [6.07, 6.45) is 0.592. The van der Waals surface area contributed by atoms with Gasteiger partial charge in [-0.05, 0) is 42.3 Å². The number of anilines is 1. The lowest BCUT2D eigenvalue weighted by molar-refractivity contribution is -0.120. The molecule has 4 rings (SSSR count). The third-order valence-electron chi connectivity index (χ3n) is 4.84. The predicted molar refractivity (Wildman–Crippen MR) is 85.4 cm³/mol. The first kappa shape index (κ1) is 13.5. The van der Waals surface area contributed by atoms with Gasteiger partial charge in [0.2, 0.25) is 5.91 Å². The van der Waals surface area contributed by atoms with E-state index in [0.29, 0.717) is 17.0 Å². The second-order valence-electron chi connectivity index (χ2n) is 5.98. The Balaban J connectivity index is 1.73. The molecule has 0 bridgehead atoms. The molecule has 0 radical (unpaired) electrons. The summed E-state index contributed by atoms with van der Waals surface area (Å²) >= 11 is 5.87. The number of hydrogen-bond acceptors (Lipinski definition) is 2. The zero-order valence-electron chi connectivity index (χ0n) is 12.0. The Bertz CT molecular complexity index is 799. The van der Waals surface area contributed by atoms with E-state index >= 15 is 0 Å². The smallest absolute Gasteiger partial charge is 0.238 e. The number of Topliss-reactive ketones (excluding diaryl/α,β-unsaturated/α-hetero) is 1. The fraction of sp³-hybridized carbons (Fsp3) is 0.222. The number of carbonyl (C=O) groups is 2. The molecule has 1 saturated carbocycles. The van der Waals surface area contributed by atoms with Crippen LogP contribution in [0, 0.1) is 5.92 Å². The number of carbonyl (C=O) groups excluding carboxylic acids is 2. The van der Waals surface area contributed by atoms with Crippen LogP contribution in [0.4, 0.5) is 5.69 Å². The SMILES string of the molecule is CN1C(=O)C2(CC2C(=O)c2ccc(Cl)cc2)c2ccccc21. The number of ketones is 1. The summed E-state index contributed by atoms with van der Waals surface area (Å²) in [5.74, 6) is -0.219. The van der Waals surface area contributed by atoms with Crippen LogP contribution in [-0.2, 0) is 10.2 Å². The van der Waals surface area contributed by atoms with E-state index in [-0.39, 0.29) is 17.6 Å². The Morgan fingerprint density at radius 3 is 2.59 bits per heavy atom. The van der Waals surface area contributed by atoms with E-state index < -0.39 is 5.41 Å². The maximum Gasteiger partial charge on any atom is 0.238 e. The number of fused-ring (bicyclic) bond motifs is 2. The highest BCUT2D eigenvalue weighted by Crippen LogP contribution is 2.62. The Kier molecular flexibility index (Phi) is 2.73. The Morgan fingerprint density at radius 1 is 1.18 bits per heavy atom. The average molecular weight is 312 g/mol. The third kappa shape index (κ3) is 1.63. The van der Waals surface area contributed by atoms with E-state index in [2.05, 4.69) is 0 Å². The minimum atomic E-state index is -0.651. The number of nitrogens with zero attached hydrogens (tertiary/aromatic N) is 1. The molecule has 2 atom stereocenters. The number of benzene rings is 2. The van der Waals surface area contributed by atoms with Crippen molar-refractivity contribution in [1.29, 1.82) is 0 Å². The topological polar surface area (TPSA) is 37.4 Å². The standard InChI is InChI=1S/C18H14ClNO2/c1-20-15-5-3-2-4-13(15)18(17(20)22)10-14(18)16(21)11-6-8-12(19)9-7-11/h2-9,14H,10H2,1H3. The molecule has 3 nitrogen and oxygen atoms in total. The van der Waals surface area contributed by atoms with Gasteiger partial charge in [0.05, 0.1) is 5.41 Å². The Morgan fingerprint density at radius 2 is 1.86 bits per heavy atom. The van der Waals surface area contributed by atoms with Crippen molar-refractivity contribution in [2.75, 3.05) is 11.9 Å². The fourth-order valence-corrected chi connectivity index (χ4v) is 3.72. The van der Waals surface area contributed by atoms with Crippen molar-refractivity contribution < 1.29 is 9.59 Å². The van der Waals surface area contributed by atoms with Gasteiger partial charge in [0, 0.05) is 29.2 Å². The van der Waals surface area contributed by atoms with Gasteiger partial charge in [-0.3, -0.25) is 9.59 Å². The highest BCUT2D eigenvalue weighted by Gasteiger charge is 2.68. The molecule has 1 heterocycles. The fourth-order valence-electron chi connectivity index (χ4n) is 3.60. The summed E-state index contributed by atoms with van der Waals surface area (Å²) in [5.41, 5.74) is 1.86. The summed E-state index contributed by atoms with van der Waals surface area (Å²) in [4.78, 5) is 27.1. The van der Waals surface area contributed by atoms with Crippen LogP contribution in [-0.4, -0.2) is 18.7 Å². The molecule has 110 valence electrons. The van der Waals surface area contributed by atoms with Gasteiger partial charge in [-0.25, -0.2) is 0 Å². The molecular formula is C18H14ClNO2. The van der Waals surface area contributed by atoms with Crippen LogP contribution in [0.1, 0.15) is 22.3 Å². The number of likely N-dealkylation sites (N-methyl/N-ethyl adjacent to an activating group) is 1. The molecular weight excluding hydrogens is 298 g/mol. The number of halogens is 1. The van der Waals surface area contributed by atoms with Crippen molar-refractivity contribution in [3.05, 3.63) is 64.7 Å². The van der Waals surface area contributed by atoms with E-state index in [1.54, 1.807) is 36.2 Å². The molecule has 0 N–H and O–H groups in total. The van der Waals surface area contributed by atoms with Gasteiger partial charge in [-0.15, -0.1) is 0 Å². The molecule has 22 heavy (non-hydrogen) atoms. The molecule has 0 saturated heterocycles. The Labute approximate surface area is 133 Å². The first-order valence-corrected chi connectivity index (χ1v) is 7.61. The zero-order chi connectivity index (χ0) is 15.5. The first-order valence-electron chi connectivity index (χ1n) is 7.23. The molecule has 1 aliphatic carbocycles. The predicted octanol–water partition coefficient (Wildman–Crippen LogP) is 3.46. The normalized spacial score (nSPS) is 25.5. The van der Waals surface area contributed by atoms with Gasteiger partial charge < -0.3 is 4.90 Å². The lowest BCUT2D eigenvalue weighted by Crippen LogP contribution is -2.31. The quantitative estimate of drug-likeness (QED) is 0.797. The van der Waals surface area contributed by atoms with Gasteiger partial charge in [0.1, 0.15) is 0 Å². The van der Waals surface area contributed by atoms with Crippen molar-refractivity contribution in [1.82, 2.24) is 0 Å². The molecule has 1 fully saturated rings. The van der Waals surface area contributed by atoms with E-state index in [0.717, 1.165) is 11.3 Å². The van der Waals surface area contributed by atoms with Gasteiger partial charge >= 0.3 is 0 Å². The van der Waals surface area contributed by atoms with E-state index in [9.17, 15) is 9.59 Å². The number of hydrogen-bond donors (Lipinski definition) is 0. The van der Waals surface area contributed by atoms with Crippen molar-refractivity contribution in [2.24, 2.45) is 5.92 Å². The minimum Gasteiger partial charge on any atom is -0.314 e. The van der Waals surface area contributed by atoms with Crippen LogP contribution in [0.2, 0.25) is 5.02 Å². The van der Waals surface area contributed by atoms with Crippen LogP contribution >= 0.6 is 11.6 Å². The summed E-state index contributed by atoms with van der Waals surface area (Å²) in [6.45, 7) is 0. The van der Waals surface area contributed by atoms with Crippen molar-refractivity contribution in [3.63, 3.8) is 0 Å². The molecule has 2 aromatic carbocycles. The summed E-state index contributed by atoms with van der Waals surface area (Å²) in [6, 6.07) is 14.6. The summed E-state index contributed by atoms with van der Waals surface area (Å²) in [5, 5.41) is 0.601. The molecule has 1 amide bonds. The van der Waals surface area contributed by atoms with E-state index in [1.807, 2.05) is 24.3 Å². The average Bonchev–Trinajstić information content (AvgIpc) is 3.26. The zero-order valence-corrected chi connectivity index (χ0v) is 12.8. The summed E-state index contributed by atoms with van der Waals surface area (Å²) in [7, 11) is 1.78. The molecule has 2 aliphatic rings. The Hall–Kier alpha value is -2.13. The van der Waals surface area contributed by atoms with Crippen molar-refractivity contribution in [2.45, 2.75) is 11.8 Å². The number of rotatable bonds is 2. The minimum absolute atomic E-state index is 0.0233. The maximum atomic E-state index is 12.7. The second kappa shape index (κ2) is 4.43. The highest BCUT2D eigenvalue weighted by atomic mass is 35.5.